The zero-order valence-corrected chi connectivity index (χ0v) is 11.9. The van der Waals surface area contributed by atoms with Crippen LogP contribution in [0.4, 0.5) is 0 Å². The van der Waals surface area contributed by atoms with Crippen molar-refractivity contribution >= 4 is 34.9 Å². The number of thiophene rings is 1. The molecule has 0 spiro atoms. The topological polar surface area (TPSA) is 9.23 Å². The highest BCUT2D eigenvalue weighted by Crippen LogP contribution is 2.58. The number of thioether (sulfide) groups is 2. The number of rotatable bonds is 2. The highest BCUT2D eigenvalue weighted by Gasteiger charge is 2.45. The Morgan fingerprint density at radius 1 is 1.33 bits per heavy atom. The van der Waals surface area contributed by atoms with Crippen molar-refractivity contribution < 1.29 is 4.74 Å². The van der Waals surface area contributed by atoms with Crippen molar-refractivity contribution in [2.45, 2.75) is 29.9 Å². The van der Waals surface area contributed by atoms with E-state index in [0.29, 0.717) is 0 Å². The van der Waals surface area contributed by atoms with Crippen molar-refractivity contribution in [3.63, 3.8) is 0 Å². The molecule has 0 unspecified atom stereocenters. The summed E-state index contributed by atoms with van der Waals surface area (Å²) in [5.74, 6) is 1.08. The van der Waals surface area contributed by atoms with E-state index in [1.165, 1.54) is 4.88 Å². The quantitative estimate of drug-likeness (QED) is 0.738. The lowest BCUT2D eigenvalue weighted by molar-refractivity contribution is 0.0809. The lowest BCUT2D eigenvalue weighted by Gasteiger charge is -2.42. The molecular formula is C11H16OS3. The third-order valence-electron chi connectivity index (χ3n) is 2.68. The number of hydrogen-bond acceptors (Lipinski definition) is 4. The van der Waals surface area contributed by atoms with Gasteiger partial charge in [0.1, 0.15) is 15.4 Å². The molecule has 1 nitrogen and oxygen atoms in total. The molecule has 0 amide bonds. The maximum atomic E-state index is 6.00. The SMILES string of the molecule is CSC1(SC)CC(C)(C)Oc2ccsc21. The molecule has 1 aromatic rings. The lowest BCUT2D eigenvalue weighted by atomic mass is 9.98. The van der Waals surface area contributed by atoms with Crippen LogP contribution in [-0.2, 0) is 4.08 Å². The molecule has 0 saturated carbocycles. The van der Waals surface area contributed by atoms with Crippen molar-refractivity contribution in [3.8, 4) is 5.75 Å². The second-order valence-electron chi connectivity index (χ2n) is 4.31. The van der Waals surface area contributed by atoms with Gasteiger partial charge in [-0.05, 0) is 37.8 Å². The first kappa shape index (κ1) is 11.7. The third kappa shape index (κ3) is 1.92. The largest absolute Gasteiger partial charge is 0.487 e. The van der Waals surface area contributed by atoms with Crippen LogP contribution in [0.25, 0.3) is 0 Å². The van der Waals surface area contributed by atoms with Crippen molar-refractivity contribution in [3.05, 3.63) is 16.3 Å². The summed E-state index contributed by atoms with van der Waals surface area (Å²) in [6.07, 6.45) is 5.46. The maximum absolute atomic E-state index is 6.00. The first-order chi connectivity index (χ1) is 7.03. The van der Waals surface area contributed by atoms with Crippen LogP contribution in [0.15, 0.2) is 11.4 Å². The molecule has 1 aliphatic rings. The Morgan fingerprint density at radius 3 is 2.60 bits per heavy atom. The van der Waals surface area contributed by atoms with E-state index in [0.717, 1.165) is 12.2 Å². The normalized spacial score (nSPS) is 21.9. The van der Waals surface area contributed by atoms with Crippen molar-refractivity contribution in [1.29, 1.82) is 0 Å². The summed E-state index contributed by atoms with van der Waals surface area (Å²) in [6.45, 7) is 4.35. The van der Waals surface area contributed by atoms with Gasteiger partial charge < -0.3 is 4.74 Å². The van der Waals surface area contributed by atoms with E-state index in [9.17, 15) is 0 Å². The van der Waals surface area contributed by atoms with E-state index in [-0.39, 0.29) is 9.68 Å². The highest BCUT2D eigenvalue weighted by atomic mass is 32.2. The van der Waals surface area contributed by atoms with Gasteiger partial charge in [0.15, 0.2) is 0 Å². The Labute approximate surface area is 104 Å². The Kier molecular flexibility index (Phi) is 3.03. The van der Waals surface area contributed by atoms with Crippen LogP contribution in [0.5, 0.6) is 5.75 Å². The van der Waals surface area contributed by atoms with E-state index >= 15 is 0 Å². The fourth-order valence-corrected chi connectivity index (χ4v) is 5.86. The molecule has 0 bridgehead atoms. The molecule has 4 heteroatoms. The summed E-state index contributed by atoms with van der Waals surface area (Å²) >= 11 is 5.69. The van der Waals surface area contributed by atoms with Gasteiger partial charge in [0.05, 0.1) is 4.88 Å². The van der Waals surface area contributed by atoms with Gasteiger partial charge in [-0.15, -0.1) is 34.9 Å². The first-order valence-corrected chi connectivity index (χ1v) is 8.23. The highest BCUT2D eigenvalue weighted by molar-refractivity contribution is 8.17. The average molecular weight is 260 g/mol. The Balaban J connectivity index is 2.50. The molecule has 15 heavy (non-hydrogen) atoms. The molecule has 84 valence electrons. The van der Waals surface area contributed by atoms with Crippen LogP contribution in [0.3, 0.4) is 0 Å². The van der Waals surface area contributed by atoms with E-state index in [4.69, 9.17) is 4.74 Å². The minimum Gasteiger partial charge on any atom is -0.487 e. The predicted octanol–water partition coefficient (Wildman–Crippen LogP) is 4.19. The van der Waals surface area contributed by atoms with Crippen LogP contribution in [0.1, 0.15) is 25.1 Å². The minimum atomic E-state index is -0.0555. The second-order valence-corrected chi connectivity index (χ2v) is 7.70. The average Bonchev–Trinajstić information content (AvgIpc) is 2.62. The number of hydrogen-bond donors (Lipinski definition) is 0. The fraction of sp³-hybridized carbons (Fsp3) is 0.636. The Hall–Kier alpha value is 0.200. The van der Waals surface area contributed by atoms with Gasteiger partial charge in [-0.25, -0.2) is 0 Å². The molecule has 0 radical (unpaired) electrons. The molecule has 1 aromatic heterocycles. The summed E-state index contributed by atoms with van der Waals surface area (Å²) < 4.78 is 6.19. The monoisotopic (exact) mass is 260 g/mol. The third-order valence-corrected chi connectivity index (χ3v) is 7.01. The molecule has 0 aliphatic carbocycles. The Morgan fingerprint density at radius 2 is 2.00 bits per heavy atom. The summed E-state index contributed by atoms with van der Waals surface area (Å²) in [5, 5.41) is 2.13. The molecule has 0 atom stereocenters. The molecule has 0 aromatic carbocycles. The van der Waals surface area contributed by atoms with Gasteiger partial charge >= 0.3 is 0 Å². The summed E-state index contributed by atoms with van der Waals surface area (Å²) in [5.41, 5.74) is -0.0555. The van der Waals surface area contributed by atoms with Gasteiger partial charge in [0.2, 0.25) is 0 Å². The summed E-state index contributed by atoms with van der Waals surface area (Å²) in [6, 6.07) is 2.10. The molecule has 2 rings (SSSR count). The van der Waals surface area contributed by atoms with Gasteiger partial charge in [-0.2, -0.15) is 0 Å². The number of fused-ring (bicyclic) bond motifs is 1. The molecule has 0 N–H and O–H groups in total. The zero-order valence-electron chi connectivity index (χ0n) is 9.49. The van der Waals surface area contributed by atoms with Crippen LogP contribution < -0.4 is 4.74 Å². The van der Waals surface area contributed by atoms with Crippen LogP contribution in [0.2, 0.25) is 0 Å². The van der Waals surface area contributed by atoms with Crippen molar-refractivity contribution in [1.82, 2.24) is 0 Å². The van der Waals surface area contributed by atoms with Gasteiger partial charge in [0.25, 0.3) is 0 Å². The van der Waals surface area contributed by atoms with Gasteiger partial charge in [0, 0.05) is 6.42 Å². The summed E-state index contributed by atoms with van der Waals surface area (Å²) in [7, 11) is 0. The second kappa shape index (κ2) is 3.90. The van der Waals surface area contributed by atoms with Crippen LogP contribution in [-0.4, -0.2) is 18.1 Å². The summed E-state index contributed by atoms with van der Waals surface area (Å²) in [4.78, 5) is 1.39. The van der Waals surface area contributed by atoms with E-state index in [2.05, 4.69) is 37.8 Å². The first-order valence-electron chi connectivity index (χ1n) is 4.90. The Bertz CT molecular complexity index is 352. The lowest BCUT2D eigenvalue weighted by Crippen LogP contribution is -2.40. The maximum Gasteiger partial charge on any atom is 0.136 e. The molecule has 0 fully saturated rings. The van der Waals surface area contributed by atoms with Gasteiger partial charge in [-0.3, -0.25) is 0 Å². The number of ether oxygens (including phenoxy) is 1. The smallest absolute Gasteiger partial charge is 0.136 e. The minimum absolute atomic E-state index is 0.0555. The predicted molar refractivity (Wildman–Crippen MR) is 72.4 cm³/mol. The van der Waals surface area contributed by atoms with E-state index in [1.54, 1.807) is 0 Å². The molecular weight excluding hydrogens is 244 g/mol. The molecule has 2 heterocycles. The fourth-order valence-electron chi connectivity index (χ4n) is 2.04. The van der Waals surface area contributed by atoms with Crippen LogP contribution >= 0.6 is 34.9 Å². The zero-order chi connectivity index (χ0) is 11.1. The standard InChI is InChI=1S/C11H16OS3/c1-10(2)7-11(13-3,14-4)9-8(12-10)5-6-15-9/h5-6H,7H2,1-4H3. The molecule has 0 saturated heterocycles. The van der Waals surface area contributed by atoms with Gasteiger partial charge in [-0.1, -0.05) is 0 Å². The van der Waals surface area contributed by atoms with Crippen LogP contribution in [0, 0.1) is 0 Å². The van der Waals surface area contributed by atoms with Crippen molar-refractivity contribution in [2.75, 3.05) is 12.5 Å². The molecule has 1 aliphatic heterocycles. The van der Waals surface area contributed by atoms with E-state index < -0.39 is 0 Å². The van der Waals surface area contributed by atoms with E-state index in [1.807, 2.05) is 34.9 Å². The van der Waals surface area contributed by atoms with Crippen molar-refractivity contribution in [2.24, 2.45) is 0 Å².